The van der Waals surface area contributed by atoms with E-state index in [1.165, 1.54) is 0 Å². The minimum Gasteiger partial charge on any atom is -0.466 e. The van der Waals surface area contributed by atoms with Gasteiger partial charge in [0.1, 0.15) is 0 Å². The Morgan fingerprint density at radius 2 is 1.84 bits per heavy atom. The fraction of sp³-hybridized carbons (Fsp3) is 0.467. The number of para-hydroxylation sites is 1. The Morgan fingerprint density at radius 3 is 2.42 bits per heavy atom. The van der Waals surface area contributed by atoms with Gasteiger partial charge in [-0.3, -0.25) is 9.59 Å². The fourth-order valence-electron chi connectivity index (χ4n) is 1.92. The molecular weight excluding hydrogens is 242 g/mol. The van der Waals surface area contributed by atoms with Gasteiger partial charge in [-0.25, -0.2) is 0 Å². The number of ether oxygens (including phenoxy) is 1. The number of aryl methyl sites for hydroxylation is 1. The van der Waals surface area contributed by atoms with Crippen LogP contribution < -0.4 is 4.90 Å². The Bertz CT molecular complexity index is 443. The summed E-state index contributed by atoms with van der Waals surface area (Å²) in [6.07, 6.45) is 0.316. The molecule has 0 fully saturated rings. The van der Waals surface area contributed by atoms with Crippen LogP contribution in [0.1, 0.15) is 32.3 Å². The molecule has 1 aromatic rings. The van der Waals surface area contributed by atoms with E-state index in [9.17, 15) is 9.59 Å². The smallest absolute Gasteiger partial charge is 0.306 e. The first kappa shape index (κ1) is 15.2. The first-order chi connectivity index (χ1) is 9.10. The minimum atomic E-state index is -0.323. The van der Waals surface area contributed by atoms with Crippen molar-refractivity contribution in [3.05, 3.63) is 29.8 Å². The highest BCUT2D eigenvalue weighted by Gasteiger charge is 2.16. The zero-order valence-corrected chi connectivity index (χ0v) is 11.8. The lowest BCUT2D eigenvalue weighted by molar-refractivity contribution is -0.144. The van der Waals surface area contributed by atoms with E-state index in [1.54, 1.807) is 11.8 Å². The molecule has 0 bridgehead atoms. The summed E-state index contributed by atoms with van der Waals surface area (Å²) in [6, 6.07) is 7.73. The number of esters is 1. The average molecular weight is 263 g/mol. The zero-order valence-electron chi connectivity index (χ0n) is 11.8. The molecule has 1 aromatic carbocycles. The highest BCUT2D eigenvalue weighted by atomic mass is 16.5. The van der Waals surface area contributed by atoms with Crippen LogP contribution in [-0.2, 0) is 14.3 Å². The van der Waals surface area contributed by atoms with Crippen molar-refractivity contribution in [3.63, 3.8) is 0 Å². The quantitative estimate of drug-likeness (QED) is 0.741. The average Bonchev–Trinajstić information content (AvgIpc) is 2.40. The molecule has 0 unspecified atom stereocenters. The maximum Gasteiger partial charge on any atom is 0.306 e. The monoisotopic (exact) mass is 263 g/mol. The van der Waals surface area contributed by atoms with Crippen molar-refractivity contribution in [2.24, 2.45) is 0 Å². The van der Waals surface area contributed by atoms with Gasteiger partial charge >= 0.3 is 5.97 Å². The molecule has 104 valence electrons. The van der Waals surface area contributed by atoms with Gasteiger partial charge in [0, 0.05) is 18.7 Å². The van der Waals surface area contributed by atoms with Crippen molar-refractivity contribution in [3.8, 4) is 0 Å². The van der Waals surface area contributed by atoms with Crippen LogP contribution in [0.5, 0.6) is 0 Å². The second-order valence-corrected chi connectivity index (χ2v) is 4.23. The minimum absolute atomic E-state index is 0.0511. The lowest BCUT2D eigenvalue weighted by Crippen LogP contribution is -2.31. The van der Waals surface area contributed by atoms with E-state index in [-0.39, 0.29) is 24.7 Å². The highest BCUT2D eigenvalue weighted by molar-refractivity contribution is 5.95. The van der Waals surface area contributed by atoms with Gasteiger partial charge in [0.25, 0.3) is 0 Å². The molecule has 1 rings (SSSR count). The van der Waals surface area contributed by atoms with E-state index in [4.69, 9.17) is 4.74 Å². The molecule has 0 radical (unpaired) electrons. The maximum atomic E-state index is 12.2. The molecule has 0 N–H and O–H groups in total. The fourth-order valence-corrected chi connectivity index (χ4v) is 1.92. The van der Waals surface area contributed by atoms with Crippen LogP contribution in [0, 0.1) is 6.92 Å². The van der Waals surface area contributed by atoms with E-state index in [1.807, 2.05) is 38.1 Å². The number of carbonyl (C=O) groups is 2. The van der Waals surface area contributed by atoms with Gasteiger partial charge in [0.2, 0.25) is 5.91 Å². The summed E-state index contributed by atoms with van der Waals surface area (Å²) in [4.78, 5) is 25.1. The molecule has 0 aliphatic heterocycles. The van der Waals surface area contributed by atoms with Gasteiger partial charge in [0.05, 0.1) is 13.0 Å². The second kappa shape index (κ2) is 7.56. The summed E-state index contributed by atoms with van der Waals surface area (Å²) >= 11 is 0. The molecule has 4 nitrogen and oxygen atoms in total. The van der Waals surface area contributed by atoms with Crippen molar-refractivity contribution in [1.82, 2.24) is 0 Å². The first-order valence-electron chi connectivity index (χ1n) is 6.61. The molecule has 0 heterocycles. The van der Waals surface area contributed by atoms with E-state index in [2.05, 4.69) is 0 Å². The molecule has 0 aliphatic carbocycles. The maximum absolute atomic E-state index is 12.2. The van der Waals surface area contributed by atoms with Crippen LogP contribution in [0.4, 0.5) is 5.69 Å². The third-order valence-corrected chi connectivity index (χ3v) is 2.87. The highest BCUT2D eigenvalue weighted by Crippen LogP contribution is 2.20. The predicted octanol–water partition coefficient (Wildman–Crippen LogP) is 2.69. The molecule has 0 atom stereocenters. The van der Waals surface area contributed by atoms with Gasteiger partial charge in [-0.05, 0) is 32.4 Å². The molecule has 0 saturated carbocycles. The van der Waals surface area contributed by atoms with Crippen LogP contribution >= 0.6 is 0 Å². The van der Waals surface area contributed by atoms with E-state index in [0.29, 0.717) is 13.2 Å². The van der Waals surface area contributed by atoms with Gasteiger partial charge in [-0.1, -0.05) is 18.2 Å². The zero-order chi connectivity index (χ0) is 14.3. The number of nitrogens with zero attached hydrogens (tertiary/aromatic N) is 1. The van der Waals surface area contributed by atoms with Crippen molar-refractivity contribution in [1.29, 1.82) is 0 Å². The van der Waals surface area contributed by atoms with E-state index < -0.39 is 0 Å². The lowest BCUT2D eigenvalue weighted by Gasteiger charge is -2.22. The van der Waals surface area contributed by atoms with Gasteiger partial charge in [-0.15, -0.1) is 0 Å². The van der Waals surface area contributed by atoms with Crippen molar-refractivity contribution >= 4 is 17.6 Å². The number of carbonyl (C=O) groups excluding carboxylic acids is 2. The molecule has 0 spiro atoms. The Morgan fingerprint density at radius 1 is 1.16 bits per heavy atom. The van der Waals surface area contributed by atoms with Crippen LogP contribution in [0.25, 0.3) is 0 Å². The summed E-state index contributed by atoms with van der Waals surface area (Å²) in [7, 11) is 0. The number of hydrogen-bond acceptors (Lipinski definition) is 3. The second-order valence-electron chi connectivity index (χ2n) is 4.23. The summed E-state index contributed by atoms with van der Waals surface area (Å²) < 4.78 is 4.83. The van der Waals surface area contributed by atoms with Crippen LogP contribution in [0.15, 0.2) is 24.3 Å². The van der Waals surface area contributed by atoms with Crippen molar-refractivity contribution in [2.75, 3.05) is 18.1 Å². The number of hydrogen-bond donors (Lipinski definition) is 0. The topological polar surface area (TPSA) is 46.6 Å². The number of rotatable bonds is 6. The van der Waals surface area contributed by atoms with Crippen molar-refractivity contribution in [2.45, 2.75) is 33.6 Å². The molecular formula is C15H21NO3. The summed E-state index contributed by atoms with van der Waals surface area (Å²) in [6.45, 7) is 6.59. The largest absolute Gasteiger partial charge is 0.466 e. The molecule has 0 aromatic heterocycles. The van der Waals surface area contributed by atoms with Gasteiger partial charge < -0.3 is 9.64 Å². The van der Waals surface area contributed by atoms with E-state index in [0.717, 1.165) is 11.3 Å². The van der Waals surface area contributed by atoms with Crippen molar-refractivity contribution < 1.29 is 14.3 Å². The number of amides is 1. The number of anilines is 1. The summed E-state index contributed by atoms with van der Waals surface area (Å²) in [5, 5.41) is 0. The predicted molar refractivity (Wildman–Crippen MR) is 75.1 cm³/mol. The molecule has 0 saturated heterocycles. The molecule has 19 heavy (non-hydrogen) atoms. The third kappa shape index (κ3) is 4.39. The molecule has 1 amide bonds. The van der Waals surface area contributed by atoms with Crippen LogP contribution in [0.3, 0.4) is 0 Å². The van der Waals surface area contributed by atoms with Crippen LogP contribution in [-0.4, -0.2) is 25.0 Å². The Kier molecular flexibility index (Phi) is 6.06. The summed E-state index contributed by atoms with van der Waals surface area (Å²) in [5.41, 5.74) is 1.95. The lowest BCUT2D eigenvalue weighted by atomic mass is 10.1. The third-order valence-electron chi connectivity index (χ3n) is 2.87. The SMILES string of the molecule is CCOC(=O)CCC(=O)N(CC)c1ccccc1C. The Labute approximate surface area is 114 Å². The normalized spacial score (nSPS) is 10.1. The van der Waals surface area contributed by atoms with E-state index >= 15 is 0 Å². The Balaban J connectivity index is 2.68. The molecule has 0 aliphatic rings. The summed E-state index contributed by atoms with van der Waals surface area (Å²) in [5.74, 6) is -0.374. The molecule has 4 heteroatoms. The Hall–Kier alpha value is -1.84. The first-order valence-corrected chi connectivity index (χ1v) is 6.61. The number of benzene rings is 1. The van der Waals surface area contributed by atoms with Gasteiger partial charge in [-0.2, -0.15) is 0 Å². The van der Waals surface area contributed by atoms with Gasteiger partial charge in [0.15, 0.2) is 0 Å². The van der Waals surface area contributed by atoms with Crippen LogP contribution in [0.2, 0.25) is 0 Å². The standard InChI is InChI=1S/C15H21NO3/c1-4-16(13-9-7-6-8-12(13)3)14(17)10-11-15(18)19-5-2/h6-9H,4-5,10-11H2,1-3H3.